The molecule has 98 valence electrons. The number of hydrogen-bond donors (Lipinski definition) is 1. The van der Waals surface area contributed by atoms with Crippen LogP contribution in [0.15, 0.2) is 5.16 Å². The Kier molecular flexibility index (Phi) is 4.97. The molecule has 0 unspecified atom stereocenters. The van der Waals surface area contributed by atoms with Gasteiger partial charge in [0.05, 0.1) is 0 Å². The molecule has 1 saturated carbocycles. The number of aliphatic carboxylic acids is 1. The zero-order valence-electron chi connectivity index (χ0n) is 11.0. The number of rotatable bonds is 4. The maximum absolute atomic E-state index is 10.2. The van der Waals surface area contributed by atoms with Crippen molar-refractivity contribution in [2.75, 3.05) is 6.61 Å². The highest BCUT2D eigenvalue weighted by atomic mass is 16.6. The van der Waals surface area contributed by atoms with Crippen LogP contribution in [0.4, 0.5) is 0 Å². The third kappa shape index (κ3) is 5.20. The third-order valence-electron chi connectivity index (χ3n) is 3.53. The van der Waals surface area contributed by atoms with E-state index >= 15 is 0 Å². The standard InChI is InChI=1S/C13H23NO3/c1-13(2,3)11-6-4-10(5-7-11)8-14-17-9-12(15)16/h8,10-11H,4-7,9H2,1-3H3,(H,15,16). The van der Waals surface area contributed by atoms with Crippen molar-refractivity contribution in [1.82, 2.24) is 0 Å². The summed E-state index contributed by atoms with van der Waals surface area (Å²) in [6, 6.07) is 0. The summed E-state index contributed by atoms with van der Waals surface area (Å²) in [5, 5.41) is 12.1. The normalized spacial score (nSPS) is 26.1. The topological polar surface area (TPSA) is 58.9 Å². The van der Waals surface area contributed by atoms with Gasteiger partial charge in [0.1, 0.15) is 0 Å². The molecule has 17 heavy (non-hydrogen) atoms. The lowest BCUT2D eigenvalue weighted by Gasteiger charge is -2.35. The van der Waals surface area contributed by atoms with Gasteiger partial charge in [-0.1, -0.05) is 25.9 Å². The Morgan fingerprint density at radius 2 is 1.94 bits per heavy atom. The molecular weight excluding hydrogens is 218 g/mol. The second-order valence-corrected chi connectivity index (χ2v) is 5.90. The second kappa shape index (κ2) is 6.03. The molecule has 1 aliphatic rings. The zero-order chi connectivity index (χ0) is 12.9. The van der Waals surface area contributed by atoms with Gasteiger partial charge >= 0.3 is 5.97 Å². The SMILES string of the molecule is CC(C)(C)C1CCC(C=NOCC(=O)O)CC1. The van der Waals surface area contributed by atoms with Gasteiger partial charge in [0.2, 0.25) is 6.61 Å². The lowest BCUT2D eigenvalue weighted by molar-refractivity contribution is -0.142. The fourth-order valence-electron chi connectivity index (χ4n) is 2.36. The maximum atomic E-state index is 10.2. The lowest BCUT2D eigenvalue weighted by Crippen LogP contribution is -2.26. The van der Waals surface area contributed by atoms with Crippen LogP contribution >= 0.6 is 0 Å². The van der Waals surface area contributed by atoms with E-state index in [4.69, 9.17) is 5.11 Å². The fraction of sp³-hybridized carbons (Fsp3) is 0.846. The van der Waals surface area contributed by atoms with Crippen LogP contribution in [0.25, 0.3) is 0 Å². The molecule has 4 heteroatoms. The predicted octanol–water partition coefficient (Wildman–Crippen LogP) is 2.93. The number of carbonyl (C=O) groups is 1. The zero-order valence-corrected chi connectivity index (χ0v) is 11.0. The van der Waals surface area contributed by atoms with Crippen molar-refractivity contribution in [3.8, 4) is 0 Å². The molecule has 1 fully saturated rings. The van der Waals surface area contributed by atoms with Crippen molar-refractivity contribution in [2.24, 2.45) is 22.4 Å². The number of nitrogens with zero attached hydrogens (tertiary/aromatic N) is 1. The van der Waals surface area contributed by atoms with Gasteiger partial charge in [-0.3, -0.25) is 0 Å². The molecule has 1 aliphatic carbocycles. The van der Waals surface area contributed by atoms with Crippen LogP contribution in [-0.4, -0.2) is 23.9 Å². The van der Waals surface area contributed by atoms with Gasteiger partial charge in [0.25, 0.3) is 0 Å². The first-order valence-electron chi connectivity index (χ1n) is 6.27. The molecule has 1 rings (SSSR count). The van der Waals surface area contributed by atoms with Crippen molar-refractivity contribution in [2.45, 2.75) is 46.5 Å². The van der Waals surface area contributed by atoms with Crippen LogP contribution in [0.1, 0.15) is 46.5 Å². The first-order valence-corrected chi connectivity index (χ1v) is 6.27. The van der Waals surface area contributed by atoms with E-state index in [1.807, 2.05) is 0 Å². The number of hydrogen-bond acceptors (Lipinski definition) is 3. The van der Waals surface area contributed by atoms with E-state index in [0.29, 0.717) is 11.3 Å². The Hall–Kier alpha value is -1.06. The van der Waals surface area contributed by atoms with Gasteiger partial charge in [-0.25, -0.2) is 4.79 Å². The monoisotopic (exact) mass is 241 g/mol. The molecule has 0 aromatic heterocycles. The quantitative estimate of drug-likeness (QED) is 0.608. The fourth-order valence-corrected chi connectivity index (χ4v) is 2.36. The van der Waals surface area contributed by atoms with Crippen LogP contribution in [-0.2, 0) is 9.63 Å². The summed E-state index contributed by atoms with van der Waals surface area (Å²) in [6.07, 6.45) is 6.46. The van der Waals surface area contributed by atoms with Crippen LogP contribution in [0.5, 0.6) is 0 Å². The summed E-state index contributed by atoms with van der Waals surface area (Å²) < 4.78 is 0. The van der Waals surface area contributed by atoms with E-state index in [9.17, 15) is 4.79 Å². The smallest absolute Gasteiger partial charge is 0.344 e. The molecular formula is C13H23NO3. The van der Waals surface area contributed by atoms with Gasteiger partial charge in [-0.15, -0.1) is 0 Å². The highest BCUT2D eigenvalue weighted by molar-refractivity contribution is 5.68. The van der Waals surface area contributed by atoms with Gasteiger partial charge < -0.3 is 9.94 Å². The Labute approximate surface area is 103 Å². The Bertz CT molecular complexity index is 273. The highest BCUT2D eigenvalue weighted by Crippen LogP contribution is 2.39. The summed E-state index contributed by atoms with van der Waals surface area (Å²) in [4.78, 5) is 14.9. The van der Waals surface area contributed by atoms with Crippen molar-refractivity contribution >= 4 is 12.2 Å². The van der Waals surface area contributed by atoms with E-state index in [1.54, 1.807) is 6.21 Å². The van der Waals surface area contributed by atoms with Gasteiger partial charge in [0.15, 0.2) is 0 Å². The first kappa shape index (κ1) is 14.0. The van der Waals surface area contributed by atoms with Crippen molar-refractivity contribution in [3.63, 3.8) is 0 Å². The molecule has 1 N–H and O–H groups in total. The molecule has 0 atom stereocenters. The predicted molar refractivity (Wildman–Crippen MR) is 67.0 cm³/mol. The van der Waals surface area contributed by atoms with Crippen LogP contribution in [0, 0.1) is 17.3 Å². The third-order valence-corrected chi connectivity index (χ3v) is 3.53. The van der Waals surface area contributed by atoms with Crippen LogP contribution in [0.3, 0.4) is 0 Å². The maximum Gasteiger partial charge on any atom is 0.344 e. The summed E-state index contributed by atoms with van der Waals surface area (Å²) in [5.74, 6) is 0.244. The summed E-state index contributed by atoms with van der Waals surface area (Å²) in [7, 11) is 0. The molecule has 0 saturated heterocycles. The molecule has 0 amide bonds. The van der Waals surface area contributed by atoms with Crippen LogP contribution < -0.4 is 0 Å². The Balaban J connectivity index is 2.25. The minimum absolute atomic E-state index is 0.353. The molecule has 0 aromatic rings. The van der Waals surface area contributed by atoms with Gasteiger partial charge in [0, 0.05) is 6.21 Å². The molecule has 4 nitrogen and oxygen atoms in total. The Morgan fingerprint density at radius 1 is 1.35 bits per heavy atom. The molecule has 0 radical (unpaired) electrons. The van der Waals surface area contributed by atoms with Crippen molar-refractivity contribution < 1.29 is 14.7 Å². The number of oxime groups is 1. The van der Waals surface area contributed by atoms with E-state index in [0.717, 1.165) is 18.8 Å². The largest absolute Gasteiger partial charge is 0.479 e. The van der Waals surface area contributed by atoms with E-state index in [-0.39, 0.29) is 6.61 Å². The summed E-state index contributed by atoms with van der Waals surface area (Å²) >= 11 is 0. The van der Waals surface area contributed by atoms with Crippen molar-refractivity contribution in [1.29, 1.82) is 0 Å². The first-order chi connectivity index (χ1) is 7.89. The van der Waals surface area contributed by atoms with Gasteiger partial charge in [-0.05, 0) is 42.9 Å². The lowest BCUT2D eigenvalue weighted by atomic mass is 9.70. The second-order valence-electron chi connectivity index (χ2n) is 5.90. The van der Waals surface area contributed by atoms with E-state index in [1.165, 1.54) is 12.8 Å². The number of carboxylic acid groups (broad SMARTS) is 1. The molecule has 0 aliphatic heterocycles. The molecule has 0 bridgehead atoms. The number of carboxylic acids is 1. The van der Waals surface area contributed by atoms with Gasteiger partial charge in [-0.2, -0.15) is 0 Å². The molecule has 0 heterocycles. The minimum Gasteiger partial charge on any atom is -0.479 e. The average Bonchev–Trinajstić information content (AvgIpc) is 2.23. The molecule has 0 aromatic carbocycles. The van der Waals surface area contributed by atoms with Crippen molar-refractivity contribution in [3.05, 3.63) is 0 Å². The summed E-state index contributed by atoms with van der Waals surface area (Å²) in [5.41, 5.74) is 0.391. The van der Waals surface area contributed by atoms with E-state index < -0.39 is 5.97 Å². The van der Waals surface area contributed by atoms with E-state index in [2.05, 4.69) is 30.8 Å². The summed E-state index contributed by atoms with van der Waals surface area (Å²) in [6.45, 7) is 6.53. The highest BCUT2D eigenvalue weighted by Gasteiger charge is 2.29. The molecule has 0 spiro atoms. The van der Waals surface area contributed by atoms with Crippen LogP contribution in [0.2, 0.25) is 0 Å². The Morgan fingerprint density at radius 3 is 2.41 bits per heavy atom. The minimum atomic E-state index is -0.987. The average molecular weight is 241 g/mol.